The van der Waals surface area contributed by atoms with E-state index in [9.17, 15) is 9.59 Å². The van der Waals surface area contributed by atoms with E-state index in [0.717, 1.165) is 47.2 Å². The van der Waals surface area contributed by atoms with Crippen LogP contribution in [0.15, 0.2) is 120 Å². The number of piperazine rings is 1. The molecule has 0 unspecified atom stereocenters. The van der Waals surface area contributed by atoms with Crippen molar-refractivity contribution in [3.05, 3.63) is 148 Å². The average molecular weight is 651 g/mol. The fraction of sp³-hybridized carbons (Fsp3) is 0.263. The first-order chi connectivity index (χ1) is 21.5. The number of hydrogen-bond donors (Lipinski definition) is 0. The summed E-state index contributed by atoms with van der Waals surface area (Å²) in [4.78, 5) is 34.5. The van der Waals surface area contributed by atoms with E-state index in [1.807, 2.05) is 71.6 Å². The molecule has 0 aliphatic carbocycles. The maximum Gasteiger partial charge on any atom is 0.247 e. The molecule has 1 atom stereocenters. The van der Waals surface area contributed by atoms with E-state index in [0.29, 0.717) is 26.1 Å². The number of carbonyl (C=O) groups excluding carboxylic acids is 2. The Kier molecular flexibility index (Phi) is 11.2. The van der Waals surface area contributed by atoms with Gasteiger partial charge in [-0.25, -0.2) is 0 Å². The van der Waals surface area contributed by atoms with Crippen LogP contribution in [0.25, 0.3) is 6.08 Å². The molecule has 5 rings (SSSR count). The predicted molar refractivity (Wildman–Crippen MR) is 182 cm³/mol. The Morgan fingerprint density at radius 1 is 0.750 bits per heavy atom. The smallest absolute Gasteiger partial charge is 0.247 e. The summed E-state index contributed by atoms with van der Waals surface area (Å²) in [5.41, 5.74) is 5.48. The molecule has 0 N–H and O–H groups in total. The number of aryl methyl sites for hydroxylation is 1. The summed E-state index contributed by atoms with van der Waals surface area (Å²) >= 11 is 3.48. The van der Waals surface area contributed by atoms with E-state index in [-0.39, 0.29) is 11.8 Å². The third kappa shape index (κ3) is 8.77. The molecule has 0 spiro atoms. The van der Waals surface area contributed by atoms with Crippen LogP contribution in [0.1, 0.15) is 34.7 Å². The van der Waals surface area contributed by atoms with Gasteiger partial charge in [0.15, 0.2) is 0 Å². The van der Waals surface area contributed by atoms with Gasteiger partial charge in [-0.1, -0.05) is 120 Å². The van der Waals surface area contributed by atoms with Gasteiger partial charge in [-0.2, -0.15) is 0 Å². The van der Waals surface area contributed by atoms with Gasteiger partial charge in [0.2, 0.25) is 11.8 Å². The summed E-state index contributed by atoms with van der Waals surface area (Å²) in [6.07, 6.45) is 4.83. The van der Waals surface area contributed by atoms with E-state index < -0.39 is 6.04 Å². The lowest BCUT2D eigenvalue weighted by Crippen LogP contribution is -2.56. The van der Waals surface area contributed by atoms with Crippen LogP contribution in [0.4, 0.5) is 0 Å². The zero-order valence-electron chi connectivity index (χ0n) is 25.3. The van der Waals surface area contributed by atoms with Crippen molar-refractivity contribution in [1.82, 2.24) is 14.7 Å². The number of carbonyl (C=O) groups is 2. The van der Waals surface area contributed by atoms with E-state index in [2.05, 4.69) is 76.3 Å². The summed E-state index contributed by atoms with van der Waals surface area (Å²) in [6, 6.07) is 36.0. The molecule has 226 valence electrons. The van der Waals surface area contributed by atoms with Crippen molar-refractivity contribution >= 4 is 33.8 Å². The van der Waals surface area contributed by atoms with Crippen molar-refractivity contribution in [3.8, 4) is 0 Å². The number of benzene rings is 4. The molecule has 1 fully saturated rings. The highest BCUT2D eigenvalue weighted by atomic mass is 79.9. The molecule has 1 heterocycles. The van der Waals surface area contributed by atoms with Crippen LogP contribution in [0.3, 0.4) is 0 Å². The highest BCUT2D eigenvalue weighted by Gasteiger charge is 2.34. The number of nitrogens with zero attached hydrogens (tertiary/aromatic N) is 3. The summed E-state index contributed by atoms with van der Waals surface area (Å²) in [7, 11) is 0. The number of halogens is 1. The zero-order chi connectivity index (χ0) is 30.7. The third-order valence-electron chi connectivity index (χ3n) is 8.22. The van der Waals surface area contributed by atoms with Crippen molar-refractivity contribution in [1.29, 1.82) is 0 Å². The van der Waals surface area contributed by atoms with Gasteiger partial charge in [0, 0.05) is 56.2 Å². The van der Waals surface area contributed by atoms with Crippen LogP contribution in [0, 0.1) is 0 Å². The van der Waals surface area contributed by atoms with Gasteiger partial charge >= 0.3 is 0 Å². The topological polar surface area (TPSA) is 43.9 Å². The molecule has 0 radical (unpaired) electrons. The van der Waals surface area contributed by atoms with Crippen molar-refractivity contribution < 1.29 is 9.59 Å². The monoisotopic (exact) mass is 649 g/mol. The maximum atomic E-state index is 14.4. The van der Waals surface area contributed by atoms with E-state index >= 15 is 0 Å². The van der Waals surface area contributed by atoms with E-state index in [1.165, 1.54) is 11.1 Å². The van der Waals surface area contributed by atoms with Crippen LogP contribution >= 0.6 is 15.9 Å². The van der Waals surface area contributed by atoms with Gasteiger partial charge < -0.3 is 9.80 Å². The molecule has 1 saturated heterocycles. The molecular formula is C38H40BrN3O2. The molecule has 0 bridgehead atoms. The van der Waals surface area contributed by atoms with E-state index in [4.69, 9.17) is 0 Å². The van der Waals surface area contributed by atoms with Gasteiger partial charge in [-0.15, -0.1) is 0 Å². The molecule has 4 aromatic rings. The predicted octanol–water partition coefficient (Wildman–Crippen LogP) is 7.01. The van der Waals surface area contributed by atoms with Crippen molar-refractivity contribution in [2.75, 3.05) is 26.2 Å². The van der Waals surface area contributed by atoms with Crippen molar-refractivity contribution in [2.24, 2.45) is 0 Å². The Morgan fingerprint density at radius 3 is 1.95 bits per heavy atom. The number of rotatable bonds is 11. The Labute approximate surface area is 269 Å². The van der Waals surface area contributed by atoms with Crippen LogP contribution in [0.2, 0.25) is 0 Å². The Bertz CT molecular complexity index is 1510. The molecule has 44 heavy (non-hydrogen) atoms. The zero-order valence-corrected chi connectivity index (χ0v) is 26.9. The minimum atomic E-state index is -0.633. The Balaban J connectivity index is 1.40. The lowest BCUT2D eigenvalue weighted by atomic mass is 10.0. The Morgan fingerprint density at radius 2 is 1.34 bits per heavy atom. The second-order valence-corrected chi connectivity index (χ2v) is 12.2. The fourth-order valence-electron chi connectivity index (χ4n) is 5.60. The van der Waals surface area contributed by atoms with Crippen molar-refractivity contribution in [2.45, 2.75) is 38.9 Å². The highest BCUT2D eigenvalue weighted by Crippen LogP contribution is 2.20. The molecule has 1 aliphatic rings. The molecule has 2 amide bonds. The maximum absolute atomic E-state index is 14.4. The first kappa shape index (κ1) is 31.4. The van der Waals surface area contributed by atoms with Gasteiger partial charge in [0.05, 0.1) is 0 Å². The van der Waals surface area contributed by atoms with Crippen LogP contribution in [-0.2, 0) is 35.5 Å². The average Bonchev–Trinajstić information content (AvgIpc) is 3.07. The summed E-state index contributed by atoms with van der Waals surface area (Å²) < 4.78 is 0.982. The Hall–Kier alpha value is -4.00. The lowest BCUT2D eigenvalue weighted by Gasteiger charge is -2.39. The minimum absolute atomic E-state index is 0.00350. The highest BCUT2D eigenvalue weighted by molar-refractivity contribution is 9.10. The number of hydrogen-bond acceptors (Lipinski definition) is 3. The van der Waals surface area contributed by atoms with Crippen LogP contribution in [0.5, 0.6) is 0 Å². The lowest BCUT2D eigenvalue weighted by molar-refractivity contribution is -0.145. The summed E-state index contributed by atoms with van der Waals surface area (Å²) in [6.45, 7) is 6.23. The van der Waals surface area contributed by atoms with Gasteiger partial charge in [0.25, 0.3) is 0 Å². The van der Waals surface area contributed by atoms with E-state index in [1.54, 1.807) is 11.0 Å². The third-order valence-corrected chi connectivity index (χ3v) is 8.75. The molecule has 4 aromatic carbocycles. The largest absolute Gasteiger partial charge is 0.338 e. The van der Waals surface area contributed by atoms with Gasteiger partial charge in [0.1, 0.15) is 6.04 Å². The standard InChI is InChI=1S/C38H40BrN3O2/c1-2-30-13-15-34(16-14-30)29-42(37(43)22-19-31-17-20-35(39)21-18-31)36(27-32-9-5-3-6-10-32)38(44)41-25-23-40(24-26-41)28-33-11-7-4-8-12-33/h3-22,36H,2,23-29H2,1H3/t36-/m0/s1. The van der Waals surface area contributed by atoms with Crippen LogP contribution < -0.4 is 0 Å². The SMILES string of the molecule is CCc1ccc(CN(C(=O)C=Cc2ccc(Br)cc2)[C@@H](Cc2ccccc2)C(=O)N2CCN(Cc3ccccc3)CC2)cc1. The molecule has 0 aromatic heterocycles. The number of amides is 2. The first-order valence-electron chi connectivity index (χ1n) is 15.4. The molecule has 1 aliphatic heterocycles. The summed E-state index contributed by atoms with van der Waals surface area (Å²) in [5, 5.41) is 0. The molecule has 5 nitrogen and oxygen atoms in total. The summed E-state index contributed by atoms with van der Waals surface area (Å²) in [5.74, 6) is -0.173. The second-order valence-electron chi connectivity index (χ2n) is 11.3. The van der Waals surface area contributed by atoms with Crippen molar-refractivity contribution in [3.63, 3.8) is 0 Å². The quantitative estimate of drug-likeness (QED) is 0.164. The fourth-order valence-corrected chi connectivity index (χ4v) is 5.87. The van der Waals surface area contributed by atoms with Gasteiger partial charge in [-0.3, -0.25) is 14.5 Å². The first-order valence-corrected chi connectivity index (χ1v) is 16.2. The van der Waals surface area contributed by atoms with Crippen LogP contribution in [-0.4, -0.2) is 58.7 Å². The minimum Gasteiger partial charge on any atom is -0.338 e. The molecule has 6 heteroatoms. The molecular weight excluding hydrogens is 610 g/mol. The van der Waals surface area contributed by atoms with Gasteiger partial charge in [-0.05, 0) is 52.4 Å². The normalized spacial score (nSPS) is 14.5. The molecule has 0 saturated carbocycles. The second kappa shape index (κ2) is 15.6.